The van der Waals surface area contributed by atoms with Crippen LogP contribution in [-0.2, 0) is 11.2 Å². The number of benzene rings is 2. The van der Waals surface area contributed by atoms with Crippen LogP contribution in [0.3, 0.4) is 0 Å². The van der Waals surface area contributed by atoms with Crippen molar-refractivity contribution in [2.75, 3.05) is 42.9 Å². The van der Waals surface area contributed by atoms with E-state index in [1.807, 2.05) is 24.3 Å². The maximum atomic E-state index is 11.8. The number of carbonyl (C=O) groups is 1. The zero-order valence-corrected chi connectivity index (χ0v) is 21.4. The Balaban J connectivity index is 1.26. The minimum absolute atomic E-state index is 0.543. The van der Waals surface area contributed by atoms with E-state index in [1.54, 1.807) is 11.0 Å². The molecule has 186 valence electrons. The molecule has 8 heteroatoms. The van der Waals surface area contributed by atoms with Gasteiger partial charge in [-0.1, -0.05) is 29.3 Å². The van der Waals surface area contributed by atoms with Crippen molar-refractivity contribution in [1.82, 2.24) is 15.1 Å². The Morgan fingerprint density at radius 1 is 1.11 bits per heavy atom. The number of piperidine rings is 1. The number of rotatable bonds is 9. The molecule has 3 fully saturated rings. The highest BCUT2D eigenvalue weighted by molar-refractivity contribution is 6.35. The van der Waals surface area contributed by atoms with Crippen LogP contribution < -0.4 is 15.5 Å². The van der Waals surface area contributed by atoms with E-state index in [0.29, 0.717) is 35.1 Å². The highest BCUT2D eigenvalue weighted by Gasteiger charge is 2.38. The van der Waals surface area contributed by atoms with Gasteiger partial charge < -0.3 is 25.3 Å². The molecule has 5 rings (SSSR count). The molecule has 3 aliphatic rings. The molecule has 2 aromatic carbocycles. The van der Waals surface area contributed by atoms with Crippen molar-refractivity contribution in [1.29, 1.82) is 0 Å². The third-order valence-corrected chi connectivity index (χ3v) is 7.88. The van der Waals surface area contributed by atoms with E-state index >= 15 is 0 Å². The van der Waals surface area contributed by atoms with Gasteiger partial charge in [0.25, 0.3) is 0 Å². The fourth-order valence-corrected chi connectivity index (χ4v) is 5.85. The van der Waals surface area contributed by atoms with E-state index in [2.05, 4.69) is 38.8 Å². The lowest BCUT2D eigenvalue weighted by molar-refractivity contribution is -0.107. The lowest BCUT2D eigenvalue weighted by atomic mass is 10.1. The standard InChI is InChI=1S/C27H33Cl2N5O/c28-21-5-4-20(26(29)14-21)10-13-33(19-35)24-8-6-22(7-9-24)31-27(18-32-11-2-1-3-12-32)34-17-23-15-25(34)16-30-23/h4-9,14,18-19,23,25,30-31H,1-3,10-13,15-17H2/b27-18-. The first-order chi connectivity index (χ1) is 17.1. The number of likely N-dealkylation sites (tertiary alicyclic amines) is 2. The lowest BCUT2D eigenvalue weighted by Crippen LogP contribution is -2.45. The molecule has 0 aromatic heterocycles. The topological polar surface area (TPSA) is 50.9 Å². The normalized spacial score (nSPS) is 21.9. The van der Waals surface area contributed by atoms with Crippen molar-refractivity contribution < 1.29 is 4.79 Å². The van der Waals surface area contributed by atoms with E-state index in [4.69, 9.17) is 23.2 Å². The van der Waals surface area contributed by atoms with Crippen molar-refractivity contribution in [3.05, 3.63) is 70.1 Å². The van der Waals surface area contributed by atoms with E-state index in [0.717, 1.165) is 49.5 Å². The summed E-state index contributed by atoms with van der Waals surface area (Å²) in [4.78, 5) is 18.5. The number of halogens is 2. The number of nitrogens with zero attached hydrogens (tertiary/aromatic N) is 3. The van der Waals surface area contributed by atoms with Gasteiger partial charge in [0, 0.05) is 72.4 Å². The maximum absolute atomic E-state index is 11.8. The van der Waals surface area contributed by atoms with Crippen molar-refractivity contribution in [2.24, 2.45) is 0 Å². The summed E-state index contributed by atoms with van der Waals surface area (Å²) < 4.78 is 0. The van der Waals surface area contributed by atoms with Crippen LogP contribution in [0.25, 0.3) is 0 Å². The first-order valence-corrected chi connectivity index (χ1v) is 13.3. The van der Waals surface area contributed by atoms with Crippen LogP contribution in [0.4, 0.5) is 11.4 Å². The zero-order chi connectivity index (χ0) is 24.2. The number of fused-ring (bicyclic) bond motifs is 2. The number of nitrogens with one attached hydrogen (secondary N) is 2. The molecule has 6 nitrogen and oxygen atoms in total. The third kappa shape index (κ3) is 5.88. The van der Waals surface area contributed by atoms with Gasteiger partial charge in [-0.2, -0.15) is 0 Å². The van der Waals surface area contributed by atoms with Gasteiger partial charge in [0.1, 0.15) is 5.82 Å². The second-order valence-corrected chi connectivity index (χ2v) is 10.6. The molecule has 1 amide bonds. The Labute approximate surface area is 217 Å². The number of hydrogen-bond acceptors (Lipinski definition) is 5. The Morgan fingerprint density at radius 3 is 2.57 bits per heavy atom. The number of hydrogen-bond donors (Lipinski definition) is 2. The summed E-state index contributed by atoms with van der Waals surface area (Å²) in [5, 5.41) is 8.53. The smallest absolute Gasteiger partial charge is 0.214 e. The van der Waals surface area contributed by atoms with Crippen LogP contribution in [0.5, 0.6) is 0 Å². The minimum atomic E-state index is 0.543. The first-order valence-electron chi connectivity index (χ1n) is 12.6. The molecule has 3 aliphatic heterocycles. The van der Waals surface area contributed by atoms with Crippen LogP contribution in [-0.4, -0.2) is 61.0 Å². The van der Waals surface area contributed by atoms with E-state index in [1.165, 1.54) is 31.5 Å². The summed E-state index contributed by atoms with van der Waals surface area (Å²) in [6, 6.07) is 14.7. The largest absolute Gasteiger partial charge is 0.374 e. The molecule has 0 saturated carbocycles. The average Bonchev–Trinajstić information content (AvgIpc) is 3.51. The number of carbonyl (C=O) groups excluding carboxylic acids is 1. The van der Waals surface area contributed by atoms with Gasteiger partial charge in [-0.25, -0.2) is 0 Å². The molecule has 0 radical (unpaired) electrons. The van der Waals surface area contributed by atoms with Crippen LogP contribution in [0.2, 0.25) is 10.0 Å². The van der Waals surface area contributed by atoms with Gasteiger partial charge >= 0.3 is 0 Å². The van der Waals surface area contributed by atoms with Gasteiger partial charge in [0.15, 0.2) is 0 Å². The zero-order valence-electron chi connectivity index (χ0n) is 19.9. The van der Waals surface area contributed by atoms with E-state index in [-0.39, 0.29) is 0 Å². The van der Waals surface area contributed by atoms with Gasteiger partial charge in [0.2, 0.25) is 6.41 Å². The van der Waals surface area contributed by atoms with Crippen LogP contribution in [0, 0.1) is 0 Å². The summed E-state index contributed by atoms with van der Waals surface area (Å²) in [6.07, 6.45) is 8.91. The second kappa shape index (κ2) is 11.1. The molecule has 2 atom stereocenters. The molecule has 2 aromatic rings. The number of anilines is 2. The molecular formula is C27H33Cl2N5O. The Kier molecular flexibility index (Phi) is 7.71. The van der Waals surface area contributed by atoms with Crippen molar-refractivity contribution in [3.63, 3.8) is 0 Å². The fourth-order valence-electron chi connectivity index (χ4n) is 5.35. The maximum Gasteiger partial charge on any atom is 0.214 e. The predicted molar refractivity (Wildman–Crippen MR) is 144 cm³/mol. The summed E-state index contributed by atoms with van der Waals surface area (Å²) in [5.74, 6) is 1.18. The fraction of sp³-hybridized carbons (Fsp3) is 0.444. The molecule has 2 bridgehead atoms. The number of amides is 1. The van der Waals surface area contributed by atoms with Crippen molar-refractivity contribution in [2.45, 2.75) is 44.2 Å². The molecular weight excluding hydrogens is 481 g/mol. The summed E-state index contributed by atoms with van der Waals surface area (Å²) in [7, 11) is 0. The molecule has 2 unspecified atom stereocenters. The first kappa shape index (κ1) is 24.3. The Morgan fingerprint density at radius 2 is 1.91 bits per heavy atom. The lowest BCUT2D eigenvalue weighted by Gasteiger charge is -2.34. The number of piperazine rings is 1. The second-order valence-electron chi connectivity index (χ2n) is 9.71. The molecule has 2 N–H and O–H groups in total. The summed E-state index contributed by atoms with van der Waals surface area (Å²) >= 11 is 12.3. The minimum Gasteiger partial charge on any atom is -0.374 e. The van der Waals surface area contributed by atoms with E-state index < -0.39 is 0 Å². The van der Waals surface area contributed by atoms with Crippen molar-refractivity contribution >= 4 is 41.0 Å². The molecule has 3 saturated heterocycles. The van der Waals surface area contributed by atoms with Crippen LogP contribution in [0.15, 0.2) is 54.5 Å². The summed E-state index contributed by atoms with van der Waals surface area (Å²) in [5.41, 5.74) is 2.86. The molecule has 35 heavy (non-hydrogen) atoms. The highest BCUT2D eigenvalue weighted by Crippen LogP contribution is 2.29. The monoisotopic (exact) mass is 513 g/mol. The SMILES string of the molecule is O=CN(CCc1ccc(Cl)cc1Cl)c1ccc(N/C(=C/N2CCCCC2)N2CC3CC2CN3)cc1. The molecule has 0 aliphatic carbocycles. The van der Waals surface area contributed by atoms with Gasteiger partial charge in [0.05, 0.1) is 0 Å². The van der Waals surface area contributed by atoms with Gasteiger partial charge in [-0.15, -0.1) is 0 Å². The van der Waals surface area contributed by atoms with Gasteiger partial charge in [-0.05, 0) is 74.1 Å². The average molecular weight is 515 g/mol. The quantitative estimate of drug-likeness (QED) is 0.465. The van der Waals surface area contributed by atoms with Crippen LogP contribution >= 0.6 is 23.2 Å². The molecule has 0 spiro atoms. The highest BCUT2D eigenvalue weighted by atomic mass is 35.5. The Hall–Kier alpha value is -2.41. The summed E-state index contributed by atoms with van der Waals surface area (Å²) in [6.45, 7) is 4.88. The van der Waals surface area contributed by atoms with Crippen molar-refractivity contribution in [3.8, 4) is 0 Å². The third-order valence-electron chi connectivity index (χ3n) is 7.30. The Bertz CT molecular complexity index is 1050. The van der Waals surface area contributed by atoms with E-state index in [9.17, 15) is 4.79 Å². The molecule has 3 heterocycles. The van der Waals surface area contributed by atoms with Gasteiger partial charge in [-0.3, -0.25) is 4.79 Å². The van der Waals surface area contributed by atoms with Crippen LogP contribution in [0.1, 0.15) is 31.2 Å². The predicted octanol–water partition coefficient (Wildman–Crippen LogP) is 4.94.